The van der Waals surface area contributed by atoms with Crippen LogP contribution in [0.2, 0.25) is 0 Å². The molecule has 0 fully saturated rings. The first-order valence-corrected chi connectivity index (χ1v) is 1.23. The van der Waals surface area contributed by atoms with Crippen molar-refractivity contribution < 1.29 is 0 Å². The van der Waals surface area contributed by atoms with Crippen LogP contribution in [0, 0.1) is 0 Å². The van der Waals surface area contributed by atoms with Gasteiger partial charge in [-0.2, -0.15) is 0 Å². The second-order valence-corrected chi connectivity index (χ2v) is 0. The Morgan fingerprint density at radius 1 is 1.25 bits per heavy atom. The zero-order valence-electron chi connectivity index (χ0n) is 2.53. The summed E-state index contributed by atoms with van der Waals surface area (Å²) in [5, 5.41) is 3.97. The Hall–Kier alpha value is 0.210. The van der Waals surface area contributed by atoms with Crippen molar-refractivity contribution in [3.8, 4) is 0 Å². The first kappa shape index (κ1) is 8.88. The van der Waals surface area contributed by atoms with Crippen LogP contribution in [0.4, 0.5) is 0 Å². The monoisotopic (exact) mass is 82.0 g/mol. The van der Waals surface area contributed by atoms with Crippen molar-refractivity contribution in [2.24, 2.45) is 11.0 Å². The third kappa shape index (κ3) is 73.4. The molecule has 0 saturated heterocycles. The van der Waals surface area contributed by atoms with Crippen LogP contribution in [0.15, 0.2) is 0 Å². The van der Waals surface area contributed by atoms with E-state index in [1.54, 1.807) is 0 Å². The van der Waals surface area contributed by atoms with Gasteiger partial charge < -0.3 is 5.73 Å². The van der Waals surface area contributed by atoms with Gasteiger partial charge in [0.05, 0.1) is 0 Å². The molecular formula is CH7ClN2. The Kier molecular flexibility index (Phi) is 789. The molecule has 0 saturated carbocycles. The first-order valence-electron chi connectivity index (χ1n) is 0.796. The zero-order chi connectivity index (χ0) is 4.00. The van der Waals surface area contributed by atoms with Gasteiger partial charge in [-0.1, -0.05) is 0 Å². The van der Waals surface area contributed by atoms with E-state index < -0.39 is 0 Å². The number of hydrogen-bond acceptors (Lipinski definition) is 2. The molecule has 0 aliphatic carbocycles. The van der Waals surface area contributed by atoms with Gasteiger partial charge in [-0.05, 0) is 18.8 Å². The van der Waals surface area contributed by atoms with Gasteiger partial charge in [-0.15, -0.1) is 0 Å². The van der Waals surface area contributed by atoms with Crippen molar-refractivity contribution in [1.82, 2.24) is 0 Å². The SMILES string of the molecule is CN.NCl. The van der Waals surface area contributed by atoms with Crippen LogP contribution in [0.1, 0.15) is 0 Å². The lowest BCUT2D eigenvalue weighted by Gasteiger charge is -1.19. The number of nitrogens with two attached hydrogens (primary N) is 2. The van der Waals surface area contributed by atoms with Gasteiger partial charge in [0, 0.05) is 0 Å². The molecule has 4 N–H and O–H groups in total. The van der Waals surface area contributed by atoms with E-state index in [1.165, 1.54) is 7.05 Å². The molecule has 2 nitrogen and oxygen atoms in total. The molecule has 0 unspecified atom stereocenters. The van der Waals surface area contributed by atoms with Crippen molar-refractivity contribution in [1.29, 1.82) is 0 Å². The fourth-order valence-electron chi connectivity index (χ4n) is 0. The summed E-state index contributed by atoms with van der Waals surface area (Å²) in [6, 6.07) is 0. The molecular weight excluding hydrogens is 75.5 g/mol. The lowest BCUT2D eigenvalue weighted by molar-refractivity contribution is 1.48. The van der Waals surface area contributed by atoms with E-state index in [0.29, 0.717) is 0 Å². The van der Waals surface area contributed by atoms with Gasteiger partial charge >= 0.3 is 0 Å². The lowest BCUT2D eigenvalue weighted by atomic mass is 11.6. The Labute approximate surface area is 30.8 Å². The maximum absolute atomic E-state index is 4.50. The van der Waals surface area contributed by atoms with Gasteiger partial charge in [0.25, 0.3) is 0 Å². The predicted octanol–water partition coefficient (Wildman–Crippen LogP) is -0.326. The Balaban J connectivity index is 0. The van der Waals surface area contributed by atoms with Gasteiger partial charge in [-0.3, -0.25) is 0 Å². The molecule has 0 aromatic heterocycles. The molecule has 0 aliphatic heterocycles. The quantitative estimate of drug-likeness (QED) is 0.394. The van der Waals surface area contributed by atoms with Crippen LogP contribution in [0.3, 0.4) is 0 Å². The average Bonchev–Trinajstić information content (AvgIpc) is 1.50. The highest BCUT2D eigenvalue weighted by Gasteiger charge is 0.868. The van der Waals surface area contributed by atoms with Crippen molar-refractivity contribution in [2.45, 2.75) is 0 Å². The van der Waals surface area contributed by atoms with E-state index in [0.717, 1.165) is 0 Å². The normalized spacial score (nSPS) is 3.00. The van der Waals surface area contributed by atoms with E-state index in [1.807, 2.05) is 0 Å². The molecule has 3 heteroatoms. The highest BCUT2D eigenvalue weighted by molar-refractivity contribution is 6.11. The molecule has 0 aliphatic rings. The maximum Gasteiger partial charge on any atom is -0.0195 e. The molecule has 0 atom stereocenters. The van der Waals surface area contributed by atoms with Gasteiger partial charge in [0.2, 0.25) is 0 Å². The minimum Gasteiger partial charge on any atom is -0.333 e. The minimum atomic E-state index is 1.50. The van der Waals surface area contributed by atoms with Crippen LogP contribution in [-0.2, 0) is 0 Å². The van der Waals surface area contributed by atoms with Crippen LogP contribution in [-0.4, -0.2) is 7.05 Å². The van der Waals surface area contributed by atoms with Crippen LogP contribution in [0.5, 0.6) is 0 Å². The summed E-state index contributed by atoms with van der Waals surface area (Å²) < 4.78 is 0. The van der Waals surface area contributed by atoms with Gasteiger partial charge in [0.15, 0.2) is 0 Å². The summed E-state index contributed by atoms with van der Waals surface area (Å²) in [6.45, 7) is 0. The third-order valence-corrected chi connectivity index (χ3v) is 0. The predicted molar refractivity (Wildman–Crippen MR) is 20.2 cm³/mol. The van der Waals surface area contributed by atoms with Crippen molar-refractivity contribution in [2.75, 3.05) is 7.05 Å². The molecule has 0 spiro atoms. The van der Waals surface area contributed by atoms with Crippen LogP contribution in [0.25, 0.3) is 0 Å². The van der Waals surface area contributed by atoms with Crippen molar-refractivity contribution >= 4 is 11.8 Å². The second-order valence-electron chi connectivity index (χ2n) is 0. The largest absolute Gasteiger partial charge is 0.333 e. The standard InChI is InChI=1S/CH5N.ClH2N/c2*1-2/h2H2,1H3;2H2. The Morgan fingerprint density at radius 3 is 1.25 bits per heavy atom. The van der Waals surface area contributed by atoms with E-state index in [-0.39, 0.29) is 0 Å². The number of rotatable bonds is 0. The molecule has 4 heavy (non-hydrogen) atoms. The van der Waals surface area contributed by atoms with Gasteiger partial charge in [-0.25, -0.2) is 5.25 Å². The molecule has 0 aromatic carbocycles. The highest BCUT2D eigenvalue weighted by Crippen LogP contribution is 1.15. The average molecular weight is 82.5 g/mol. The topological polar surface area (TPSA) is 52.0 Å². The zero-order valence-corrected chi connectivity index (χ0v) is 3.29. The van der Waals surface area contributed by atoms with Crippen LogP contribution >= 0.6 is 11.8 Å². The fourth-order valence-corrected chi connectivity index (χ4v) is 0. The Morgan fingerprint density at radius 2 is 1.25 bits per heavy atom. The van der Waals surface area contributed by atoms with Crippen LogP contribution < -0.4 is 11.0 Å². The summed E-state index contributed by atoms with van der Waals surface area (Å²) in [4.78, 5) is 0. The van der Waals surface area contributed by atoms with Gasteiger partial charge in [0.1, 0.15) is 0 Å². The summed E-state index contributed by atoms with van der Waals surface area (Å²) in [5.74, 6) is 0. The smallest absolute Gasteiger partial charge is 0.0195 e. The van der Waals surface area contributed by atoms with E-state index in [4.69, 9.17) is 0 Å². The molecule has 0 rings (SSSR count). The third-order valence-electron chi connectivity index (χ3n) is 0. The number of halogens is 1. The number of hydrogen-bond donors (Lipinski definition) is 2. The summed E-state index contributed by atoms with van der Waals surface area (Å²) in [7, 11) is 1.50. The van der Waals surface area contributed by atoms with Crippen molar-refractivity contribution in [3.63, 3.8) is 0 Å². The highest BCUT2D eigenvalue weighted by atomic mass is 35.5. The fraction of sp³-hybridized carbons (Fsp3) is 1.00. The lowest BCUT2D eigenvalue weighted by Crippen LogP contribution is -1.69. The van der Waals surface area contributed by atoms with E-state index in [9.17, 15) is 0 Å². The molecule has 28 valence electrons. The molecule has 0 radical (unpaired) electrons. The summed E-state index contributed by atoms with van der Waals surface area (Å²) >= 11 is 4.14. The van der Waals surface area contributed by atoms with Crippen molar-refractivity contribution in [3.05, 3.63) is 0 Å². The molecule has 0 aromatic rings. The van der Waals surface area contributed by atoms with E-state index in [2.05, 4.69) is 22.8 Å². The molecule has 0 heterocycles. The summed E-state index contributed by atoms with van der Waals surface area (Å²) in [5.41, 5.74) is 4.50. The molecule has 0 bridgehead atoms. The summed E-state index contributed by atoms with van der Waals surface area (Å²) in [6.07, 6.45) is 0. The first-order chi connectivity index (χ1) is 2.00. The maximum atomic E-state index is 4.50. The van der Waals surface area contributed by atoms with E-state index >= 15 is 0 Å². The Bertz CT molecular complexity index is 6.00. The second kappa shape index (κ2) is 356. The minimum absolute atomic E-state index is 1.50. The molecule has 0 amide bonds.